The first kappa shape index (κ1) is 20.0. The molecule has 1 N–H and O–H groups in total. The molecule has 1 atom stereocenters. The lowest BCUT2D eigenvalue weighted by atomic mass is 10.0. The van der Waals surface area contributed by atoms with Crippen molar-refractivity contribution < 1.29 is 9.59 Å². The van der Waals surface area contributed by atoms with Crippen LogP contribution in [0.4, 0.5) is 0 Å². The summed E-state index contributed by atoms with van der Waals surface area (Å²) in [5.74, 6) is -0.393. The second-order valence-electron chi connectivity index (χ2n) is 6.89. The molecule has 4 nitrogen and oxygen atoms in total. The lowest BCUT2D eigenvalue weighted by Crippen LogP contribution is -2.50. The van der Waals surface area contributed by atoms with Gasteiger partial charge in [-0.1, -0.05) is 55.3 Å². The number of rotatable bonds is 6. The first-order chi connectivity index (χ1) is 12.3. The highest BCUT2D eigenvalue weighted by Crippen LogP contribution is 2.14. The number of amides is 2. The van der Waals surface area contributed by atoms with Gasteiger partial charge in [0, 0.05) is 24.2 Å². The van der Waals surface area contributed by atoms with E-state index in [0.29, 0.717) is 17.1 Å². The third-order valence-corrected chi connectivity index (χ3v) is 4.42. The van der Waals surface area contributed by atoms with Crippen molar-refractivity contribution in [2.24, 2.45) is 5.92 Å². The van der Waals surface area contributed by atoms with Gasteiger partial charge in [0.15, 0.2) is 0 Å². The van der Waals surface area contributed by atoms with Crippen LogP contribution in [0, 0.1) is 12.8 Å². The minimum atomic E-state index is -0.591. The van der Waals surface area contributed by atoms with Gasteiger partial charge in [0.25, 0.3) is 5.91 Å². The predicted octanol–water partition coefficient (Wildman–Crippen LogP) is 4.06. The molecule has 5 heteroatoms. The minimum absolute atomic E-state index is 0.0296. The number of hydrogen-bond donors (Lipinski definition) is 1. The van der Waals surface area contributed by atoms with Gasteiger partial charge >= 0.3 is 0 Å². The number of carbonyl (C=O) groups excluding carboxylic acids is 2. The van der Waals surface area contributed by atoms with Gasteiger partial charge in [-0.05, 0) is 42.7 Å². The highest BCUT2D eigenvalue weighted by molar-refractivity contribution is 6.30. The van der Waals surface area contributed by atoms with Crippen molar-refractivity contribution in [2.75, 3.05) is 7.05 Å². The molecular weight excluding hydrogens is 348 g/mol. The molecule has 26 heavy (non-hydrogen) atoms. The number of carbonyl (C=O) groups is 2. The lowest BCUT2D eigenvalue weighted by Gasteiger charge is -2.27. The maximum absolute atomic E-state index is 12.9. The van der Waals surface area contributed by atoms with Crippen molar-refractivity contribution in [3.63, 3.8) is 0 Å². The molecule has 0 aromatic heterocycles. The van der Waals surface area contributed by atoms with Gasteiger partial charge in [0.05, 0.1) is 0 Å². The zero-order chi connectivity index (χ0) is 19.3. The quantitative estimate of drug-likeness (QED) is 0.831. The first-order valence-corrected chi connectivity index (χ1v) is 9.02. The van der Waals surface area contributed by atoms with E-state index in [1.54, 1.807) is 24.1 Å². The Balaban J connectivity index is 2.10. The standard InChI is InChI=1S/C21H25ClN2O2/c1-14(2)19(23-20(25)17-9-5-7-15(3)11-17)21(26)24(4)13-16-8-6-10-18(22)12-16/h5-12,14,19H,13H2,1-4H3,(H,23,25). The van der Waals surface area contributed by atoms with Crippen LogP contribution in [-0.2, 0) is 11.3 Å². The smallest absolute Gasteiger partial charge is 0.251 e. The van der Waals surface area contributed by atoms with E-state index < -0.39 is 6.04 Å². The fraction of sp³-hybridized carbons (Fsp3) is 0.333. The van der Waals surface area contributed by atoms with Gasteiger partial charge in [-0.15, -0.1) is 0 Å². The Morgan fingerprint density at radius 3 is 2.42 bits per heavy atom. The van der Waals surface area contributed by atoms with Crippen molar-refractivity contribution >= 4 is 23.4 Å². The van der Waals surface area contributed by atoms with Crippen LogP contribution in [-0.4, -0.2) is 29.8 Å². The molecule has 0 aliphatic heterocycles. The minimum Gasteiger partial charge on any atom is -0.340 e. The number of benzene rings is 2. The Bertz CT molecular complexity index is 789. The molecule has 0 bridgehead atoms. The molecule has 2 amide bonds. The van der Waals surface area contributed by atoms with E-state index in [1.165, 1.54) is 0 Å². The third kappa shape index (κ3) is 5.33. The van der Waals surface area contributed by atoms with E-state index in [4.69, 9.17) is 11.6 Å². The molecule has 2 aromatic rings. The van der Waals surface area contributed by atoms with Crippen LogP contribution in [0.5, 0.6) is 0 Å². The average molecular weight is 373 g/mol. The van der Waals surface area contributed by atoms with Gasteiger partial charge in [-0.2, -0.15) is 0 Å². The summed E-state index contributed by atoms with van der Waals surface area (Å²) in [7, 11) is 1.73. The summed E-state index contributed by atoms with van der Waals surface area (Å²) in [6, 6.07) is 14.1. The van der Waals surface area contributed by atoms with Crippen molar-refractivity contribution in [3.05, 3.63) is 70.2 Å². The molecule has 0 aliphatic rings. The van der Waals surface area contributed by atoms with Crippen LogP contribution >= 0.6 is 11.6 Å². The Kier molecular flexibility index (Phi) is 6.81. The molecule has 2 aromatic carbocycles. The molecule has 0 heterocycles. The lowest BCUT2D eigenvalue weighted by molar-refractivity contribution is -0.133. The second-order valence-corrected chi connectivity index (χ2v) is 7.33. The Morgan fingerprint density at radius 1 is 1.12 bits per heavy atom. The molecule has 0 radical (unpaired) electrons. The molecule has 0 saturated heterocycles. The fourth-order valence-electron chi connectivity index (χ4n) is 2.75. The first-order valence-electron chi connectivity index (χ1n) is 8.65. The number of likely N-dealkylation sites (N-methyl/N-ethyl adjacent to an activating group) is 1. The Morgan fingerprint density at radius 2 is 1.81 bits per heavy atom. The van der Waals surface area contributed by atoms with Crippen LogP contribution in [0.2, 0.25) is 5.02 Å². The summed E-state index contributed by atoms with van der Waals surface area (Å²) in [5.41, 5.74) is 2.50. The predicted molar refractivity (Wildman–Crippen MR) is 105 cm³/mol. The van der Waals surface area contributed by atoms with Crippen molar-refractivity contribution in [1.29, 1.82) is 0 Å². The van der Waals surface area contributed by atoms with Gasteiger partial charge in [-0.25, -0.2) is 0 Å². The van der Waals surface area contributed by atoms with Crippen LogP contribution < -0.4 is 5.32 Å². The number of aryl methyl sites for hydroxylation is 1. The SMILES string of the molecule is Cc1cccc(C(=O)NC(C(=O)N(C)Cc2cccc(Cl)c2)C(C)C)c1. The van der Waals surface area contributed by atoms with E-state index in [1.807, 2.05) is 57.2 Å². The summed E-state index contributed by atoms with van der Waals surface area (Å²) in [4.78, 5) is 27.0. The van der Waals surface area contributed by atoms with E-state index in [0.717, 1.165) is 11.1 Å². The summed E-state index contributed by atoms with van der Waals surface area (Å²) in [6.07, 6.45) is 0. The van der Waals surface area contributed by atoms with Gasteiger partial charge < -0.3 is 10.2 Å². The van der Waals surface area contributed by atoms with Crippen LogP contribution in [0.25, 0.3) is 0 Å². The molecular formula is C21H25ClN2O2. The maximum Gasteiger partial charge on any atom is 0.251 e. The molecule has 0 fully saturated rings. The summed E-state index contributed by atoms with van der Waals surface area (Å²) in [5, 5.41) is 3.52. The molecule has 0 spiro atoms. The van der Waals surface area contributed by atoms with Crippen LogP contribution in [0.15, 0.2) is 48.5 Å². The molecule has 0 aliphatic carbocycles. The topological polar surface area (TPSA) is 49.4 Å². The van der Waals surface area contributed by atoms with Crippen LogP contribution in [0.3, 0.4) is 0 Å². The van der Waals surface area contributed by atoms with E-state index >= 15 is 0 Å². The second kappa shape index (κ2) is 8.86. The van der Waals surface area contributed by atoms with E-state index in [9.17, 15) is 9.59 Å². The van der Waals surface area contributed by atoms with Gasteiger partial charge in [0.2, 0.25) is 5.91 Å². The van der Waals surface area contributed by atoms with Crippen molar-refractivity contribution in [2.45, 2.75) is 33.4 Å². The average Bonchev–Trinajstić information content (AvgIpc) is 2.58. The number of halogens is 1. The van der Waals surface area contributed by atoms with Crippen molar-refractivity contribution in [3.8, 4) is 0 Å². The molecule has 138 valence electrons. The van der Waals surface area contributed by atoms with E-state index in [2.05, 4.69) is 5.32 Å². The number of hydrogen-bond acceptors (Lipinski definition) is 2. The molecule has 2 rings (SSSR count). The Hall–Kier alpha value is -2.33. The van der Waals surface area contributed by atoms with Crippen molar-refractivity contribution in [1.82, 2.24) is 10.2 Å². The highest BCUT2D eigenvalue weighted by Gasteiger charge is 2.27. The largest absolute Gasteiger partial charge is 0.340 e. The molecule has 0 saturated carbocycles. The van der Waals surface area contributed by atoms with Crippen LogP contribution in [0.1, 0.15) is 35.3 Å². The molecule has 1 unspecified atom stereocenters. The maximum atomic E-state index is 12.9. The highest BCUT2D eigenvalue weighted by atomic mass is 35.5. The van der Waals surface area contributed by atoms with Gasteiger partial charge in [-0.3, -0.25) is 9.59 Å². The third-order valence-electron chi connectivity index (χ3n) is 4.18. The summed E-state index contributed by atoms with van der Waals surface area (Å²) in [6.45, 7) is 6.21. The number of nitrogens with zero attached hydrogens (tertiary/aromatic N) is 1. The normalized spacial score (nSPS) is 11.9. The van der Waals surface area contributed by atoms with Gasteiger partial charge in [0.1, 0.15) is 6.04 Å². The number of nitrogens with one attached hydrogen (secondary N) is 1. The Labute approximate surface area is 160 Å². The monoisotopic (exact) mass is 372 g/mol. The fourth-order valence-corrected chi connectivity index (χ4v) is 2.96. The van der Waals surface area contributed by atoms with E-state index in [-0.39, 0.29) is 17.7 Å². The summed E-state index contributed by atoms with van der Waals surface area (Å²) < 4.78 is 0. The zero-order valence-corrected chi connectivity index (χ0v) is 16.4. The zero-order valence-electron chi connectivity index (χ0n) is 15.6. The summed E-state index contributed by atoms with van der Waals surface area (Å²) >= 11 is 6.01.